The van der Waals surface area contributed by atoms with Gasteiger partial charge in [-0.25, -0.2) is 0 Å². The van der Waals surface area contributed by atoms with Crippen LogP contribution >= 0.6 is 0 Å². The van der Waals surface area contributed by atoms with Crippen molar-refractivity contribution < 1.29 is 14.6 Å². The van der Waals surface area contributed by atoms with Crippen LogP contribution in [0.1, 0.15) is 12.0 Å². The second-order valence-electron chi connectivity index (χ2n) is 3.10. The molecule has 0 amide bonds. The van der Waals surface area contributed by atoms with Gasteiger partial charge >= 0.3 is 0 Å². The number of aromatic hydroxyl groups is 1. The van der Waals surface area contributed by atoms with Crippen LogP contribution in [-0.2, 0) is 11.2 Å². The Hall–Kier alpha value is -1.51. The molecule has 0 aromatic heterocycles. The van der Waals surface area contributed by atoms with Crippen molar-refractivity contribution in [3.8, 4) is 11.5 Å². The van der Waals surface area contributed by atoms with E-state index in [1.807, 2.05) is 0 Å². The predicted octanol–water partition coefficient (Wildman–Crippen LogP) is 1.28. The maximum Gasteiger partial charge on any atom is 0.126 e. The third-order valence-corrected chi connectivity index (χ3v) is 2.19. The average molecular weight is 178 g/mol. The Morgan fingerprint density at radius 1 is 1.62 bits per heavy atom. The van der Waals surface area contributed by atoms with Gasteiger partial charge in [-0.2, -0.15) is 0 Å². The number of ether oxygens (including phenoxy) is 1. The average Bonchev–Trinajstić information content (AvgIpc) is 2.49. The molecule has 1 aromatic carbocycles. The summed E-state index contributed by atoms with van der Waals surface area (Å²) in [6, 6.07) is 5.17. The maximum absolute atomic E-state index is 10.3. The number of fused-ring (bicyclic) bond motifs is 1. The van der Waals surface area contributed by atoms with E-state index in [4.69, 9.17) is 4.74 Å². The molecular formula is C10H10O3. The van der Waals surface area contributed by atoms with E-state index in [0.29, 0.717) is 18.6 Å². The van der Waals surface area contributed by atoms with Crippen molar-refractivity contribution in [2.45, 2.75) is 18.9 Å². The maximum atomic E-state index is 10.3. The molecule has 1 aliphatic rings. The van der Waals surface area contributed by atoms with Crippen molar-refractivity contribution in [2.75, 3.05) is 0 Å². The first-order valence-electron chi connectivity index (χ1n) is 4.22. The summed E-state index contributed by atoms with van der Waals surface area (Å²) >= 11 is 0. The third kappa shape index (κ3) is 1.37. The van der Waals surface area contributed by atoms with Crippen LogP contribution in [0, 0.1) is 0 Å². The fourth-order valence-electron chi connectivity index (χ4n) is 1.56. The van der Waals surface area contributed by atoms with Gasteiger partial charge in [-0.15, -0.1) is 0 Å². The molecule has 1 N–H and O–H groups in total. The van der Waals surface area contributed by atoms with Gasteiger partial charge in [0.05, 0.1) is 0 Å². The van der Waals surface area contributed by atoms with Crippen LogP contribution < -0.4 is 4.74 Å². The van der Waals surface area contributed by atoms with Crippen molar-refractivity contribution in [1.82, 2.24) is 0 Å². The summed E-state index contributed by atoms with van der Waals surface area (Å²) in [5, 5.41) is 9.45. The second-order valence-corrected chi connectivity index (χ2v) is 3.10. The van der Waals surface area contributed by atoms with Crippen molar-refractivity contribution >= 4 is 6.29 Å². The van der Waals surface area contributed by atoms with E-state index < -0.39 is 0 Å². The van der Waals surface area contributed by atoms with E-state index in [0.717, 1.165) is 11.8 Å². The Labute approximate surface area is 76.0 Å². The summed E-state index contributed by atoms with van der Waals surface area (Å²) < 4.78 is 5.44. The standard InChI is InChI=1S/C10H10O3/c11-5-4-7-6-8-9(12)2-1-3-10(8)13-7/h1-3,5,7,12H,4,6H2. The third-order valence-electron chi connectivity index (χ3n) is 2.19. The Morgan fingerprint density at radius 3 is 3.15 bits per heavy atom. The Morgan fingerprint density at radius 2 is 2.46 bits per heavy atom. The lowest BCUT2D eigenvalue weighted by Crippen LogP contribution is -2.12. The van der Waals surface area contributed by atoms with E-state index in [1.54, 1.807) is 18.2 Å². The fourth-order valence-corrected chi connectivity index (χ4v) is 1.56. The van der Waals surface area contributed by atoms with Crippen LogP contribution in [0.5, 0.6) is 11.5 Å². The number of benzene rings is 1. The minimum atomic E-state index is -0.0965. The van der Waals surface area contributed by atoms with Gasteiger partial charge in [0.15, 0.2) is 0 Å². The lowest BCUT2D eigenvalue weighted by molar-refractivity contribution is -0.109. The van der Waals surface area contributed by atoms with Gasteiger partial charge in [0.1, 0.15) is 23.9 Å². The molecule has 0 fully saturated rings. The van der Waals surface area contributed by atoms with Crippen molar-refractivity contribution in [1.29, 1.82) is 0 Å². The summed E-state index contributed by atoms with van der Waals surface area (Å²) in [6.45, 7) is 0. The summed E-state index contributed by atoms with van der Waals surface area (Å²) in [5.74, 6) is 0.956. The largest absolute Gasteiger partial charge is 0.508 e. The molecule has 2 rings (SSSR count). The molecule has 0 spiro atoms. The lowest BCUT2D eigenvalue weighted by atomic mass is 10.1. The minimum absolute atomic E-state index is 0.0965. The summed E-state index contributed by atoms with van der Waals surface area (Å²) in [5.41, 5.74) is 0.814. The normalized spacial score (nSPS) is 19.2. The lowest BCUT2D eigenvalue weighted by Gasteiger charge is -2.04. The van der Waals surface area contributed by atoms with Crippen molar-refractivity contribution in [3.63, 3.8) is 0 Å². The number of phenolic OH excluding ortho intramolecular Hbond substituents is 1. The van der Waals surface area contributed by atoms with Gasteiger partial charge in [-0.3, -0.25) is 0 Å². The highest BCUT2D eigenvalue weighted by molar-refractivity contribution is 5.53. The van der Waals surface area contributed by atoms with Gasteiger partial charge < -0.3 is 14.6 Å². The van der Waals surface area contributed by atoms with Crippen LogP contribution in [0.3, 0.4) is 0 Å². The van der Waals surface area contributed by atoms with E-state index in [-0.39, 0.29) is 11.9 Å². The van der Waals surface area contributed by atoms with E-state index in [2.05, 4.69) is 0 Å². The number of hydrogen-bond donors (Lipinski definition) is 1. The second kappa shape index (κ2) is 3.09. The molecule has 1 atom stereocenters. The Kier molecular flexibility index (Phi) is 1.93. The number of rotatable bonds is 2. The van der Waals surface area contributed by atoms with Gasteiger partial charge in [0, 0.05) is 18.4 Å². The monoisotopic (exact) mass is 178 g/mol. The fraction of sp³-hybridized carbons (Fsp3) is 0.300. The molecule has 13 heavy (non-hydrogen) atoms. The van der Waals surface area contributed by atoms with Crippen molar-refractivity contribution in [2.24, 2.45) is 0 Å². The van der Waals surface area contributed by atoms with Crippen LogP contribution in [0.15, 0.2) is 18.2 Å². The topological polar surface area (TPSA) is 46.5 Å². The summed E-state index contributed by atoms with van der Waals surface area (Å²) in [6.07, 6.45) is 1.75. The molecule has 3 heteroatoms. The highest BCUT2D eigenvalue weighted by atomic mass is 16.5. The van der Waals surface area contributed by atoms with Crippen LogP contribution in [0.25, 0.3) is 0 Å². The molecule has 0 bridgehead atoms. The van der Waals surface area contributed by atoms with Gasteiger partial charge in [-0.1, -0.05) is 6.07 Å². The van der Waals surface area contributed by atoms with Crippen LogP contribution in [0.4, 0.5) is 0 Å². The van der Waals surface area contributed by atoms with E-state index >= 15 is 0 Å². The molecule has 1 unspecified atom stereocenters. The number of hydrogen-bond acceptors (Lipinski definition) is 3. The van der Waals surface area contributed by atoms with E-state index in [1.165, 1.54) is 0 Å². The number of carbonyl (C=O) groups excluding carboxylic acids is 1. The molecule has 68 valence electrons. The zero-order valence-corrected chi connectivity index (χ0v) is 7.06. The molecule has 0 saturated carbocycles. The number of aldehydes is 1. The number of carbonyl (C=O) groups is 1. The molecule has 0 radical (unpaired) electrons. The zero-order valence-electron chi connectivity index (χ0n) is 7.06. The zero-order chi connectivity index (χ0) is 9.26. The number of phenols is 1. The molecule has 0 saturated heterocycles. The quantitative estimate of drug-likeness (QED) is 0.694. The first kappa shape index (κ1) is 8.10. The first-order chi connectivity index (χ1) is 6.31. The molecule has 1 aliphatic heterocycles. The highest BCUT2D eigenvalue weighted by Gasteiger charge is 2.24. The predicted molar refractivity (Wildman–Crippen MR) is 46.9 cm³/mol. The SMILES string of the molecule is O=CCC1Cc2c(O)cccc2O1. The molecule has 0 aliphatic carbocycles. The minimum Gasteiger partial charge on any atom is -0.508 e. The Balaban J connectivity index is 2.24. The van der Waals surface area contributed by atoms with Gasteiger partial charge in [0.2, 0.25) is 0 Å². The molecule has 1 aromatic rings. The van der Waals surface area contributed by atoms with Gasteiger partial charge in [0.25, 0.3) is 0 Å². The van der Waals surface area contributed by atoms with E-state index in [9.17, 15) is 9.90 Å². The van der Waals surface area contributed by atoms with Gasteiger partial charge in [-0.05, 0) is 12.1 Å². The van der Waals surface area contributed by atoms with Crippen LogP contribution in [-0.4, -0.2) is 17.5 Å². The highest BCUT2D eigenvalue weighted by Crippen LogP contribution is 2.35. The molecular weight excluding hydrogens is 168 g/mol. The van der Waals surface area contributed by atoms with Crippen LogP contribution in [0.2, 0.25) is 0 Å². The summed E-state index contributed by atoms with van der Waals surface area (Å²) in [7, 11) is 0. The smallest absolute Gasteiger partial charge is 0.126 e. The molecule has 1 heterocycles. The first-order valence-corrected chi connectivity index (χ1v) is 4.22. The van der Waals surface area contributed by atoms with Crippen molar-refractivity contribution in [3.05, 3.63) is 23.8 Å². The molecule has 3 nitrogen and oxygen atoms in total. The summed E-state index contributed by atoms with van der Waals surface area (Å²) in [4.78, 5) is 10.3. The Bertz CT molecular complexity index is 333.